The van der Waals surface area contributed by atoms with Crippen LogP contribution in [-0.2, 0) is 12.8 Å². The Labute approximate surface area is 120 Å². The molecule has 0 unspecified atom stereocenters. The Morgan fingerprint density at radius 2 is 1.89 bits per heavy atom. The SMILES string of the molecule is C=C1NNc2c3c(nc4c2=C1CCC=4Br)CCCC3. The molecule has 4 heteroatoms. The molecule has 0 radical (unpaired) electrons. The zero-order chi connectivity index (χ0) is 13.0. The van der Waals surface area contributed by atoms with Gasteiger partial charge in [-0.2, -0.15) is 0 Å². The summed E-state index contributed by atoms with van der Waals surface area (Å²) in [4.78, 5) is 4.95. The molecule has 2 aliphatic carbocycles. The van der Waals surface area contributed by atoms with Gasteiger partial charge >= 0.3 is 0 Å². The summed E-state index contributed by atoms with van der Waals surface area (Å²) < 4.78 is 1.23. The van der Waals surface area contributed by atoms with Crippen LogP contribution in [0, 0.1) is 0 Å². The lowest BCUT2D eigenvalue weighted by Crippen LogP contribution is -2.45. The summed E-state index contributed by atoms with van der Waals surface area (Å²) in [6.45, 7) is 4.11. The van der Waals surface area contributed by atoms with Crippen LogP contribution in [0.25, 0.3) is 10.1 Å². The molecule has 0 bridgehead atoms. The van der Waals surface area contributed by atoms with Crippen LogP contribution in [0.3, 0.4) is 0 Å². The molecule has 4 rings (SSSR count). The number of halogens is 1. The molecule has 0 saturated heterocycles. The van der Waals surface area contributed by atoms with Gasteiger partial charge in [0, 0.05) is 15.4 Å². The highest BCUT2D eigenvalue weighted by molar-refractivity contribution is 9.14. The van der Waals surface area contributed by atoms with Crippen molar-refractivity contribution in [3.05, 3.63) is 34.1 Å². The normalized spacial score (nSPS) is 20.4. The Morgan fingerprint density at radius 1 is 1.05 bits per heavy atom. The average molecular weight is 318 g/mol. The maximum atomic E-state index is 4.95. The lowest BCUT2D eigenvalue weighted by atomic mass is 9.90. The van der Waals surface area contributed by atoms with Crippen LogP contribution in [-0.4, -0.2) is 4.98 Å². The van der Waals surface area contributed by atoms with Crippen LogP contribution in [0.4, 0.5) is 5.69 Å². The quantitative estimate of drug-likeness (QED) is 0.767. The molecule has 0 spiro atoms. The van der Waals surface area contributed by atoms with Crippen LogP contribution in [0.2, 0.25) is 0 Å². The minimum atomic E-state index is 0.992. The second-order valence-electron chi connectivity index (χ2n) is 5.45. The predicted octanol–water partition coefficient (Wildman–Crippen LogP) is 1.85. The Kier molecular flexibility index (Phi) is 2.49. The van der Waals surface area contributed by atoms with Crippen LogP contribution in [0.5, 0.6) is 0 Å². The Hall–Kier alpha value is -1.29. The van der Waals surface area contributed by atoms with Crippen molar-refractivity contribution >= 4 is 31.7 Å². The Morgan fingerprint density at radius 3 is 2.79 bits per heavy atom. The molecule has 0 saturated carbocycles. The topological polar surface area (TPSA) is 37.0 Å². The fourth-order valence-corrected chi connectivity index (χ4v) is 3.85. The molecule has 3 aliphatic rings. The molecule has 0 fully saturated rings. The number of fused-ring (bicyclic) bond motifs is 2. The van der Waals surface area contributed by atoms with Gasteiger partial charge in [0.1, 0.15) is 0 Å². The number of hydrazine groups is 1. The van der Waals surface area contributed by atoms with Crippen molar-refractivity contribution in [1.29, 1.82) is 0 Å². The van der Waals surface area contributed by atoms with E-state index in [1.807, 2.05) is 0 Å². The van der Waals surface area contributed by atoms with E-state index < -0.39 is 0 Å². The van der Waals surface area contributed by atoms with Crippen molar-refractivity contribution in [3.63, 3.8) is 0 Å². The predicted molar refractivity (Wildman–Crippen MR) is 81.0 cm³/mol. The van der Waals surface area contributed by atoms with E-state index in [1.165, 1.54) is 45.1 Å². The number of nitrogens with zero attached hydrogens (tertiary/aromatic N) is 1. The number of nitrogens with one attached hydrogen (secondary N) is 2. The van der Waals surface area contributed by atoms with Gasteiger partial charge in [-0.15, -0.1) is 0 Å². The summed E-state index contributed by atoms with van der Waals surface area (Å²) in [5.74, 6) is 0. The molecule has 0 atom stereocenters. The van der Waals surface area contributed by atoms with Gasteiger partial charge in [0.25, 0.3) is 0 Å². The van der Waals surface area contributed by atoms with Crippen molar-refractivity contribution in [1.82, 2.24) is 10.4 Å². The number of hydrogen-bond acceptors (Lipinski definition) is 3. The van der Waals surface area contributed by atoms with Gasteiger partial charge in [0.15, 0.2) is 0 Å². The highest BCUT2D eigenvalue weighted by atomic mass is 79.9. The first-order chi connectivity index (χ1) is 9.25. The van der Waals surface area contributed by atoms with Gasteiger partial charge in [0.05, 0.1) is 16.7 Å². The van der Waals surface area contributed by atoms with Gasteiger partial charge in [-0.05, 0) is 49.7 Å². The average Bonchev–Trinajstić information content (AvgIpc) is 2.44. The molecule has 19 heavy (non-hydrogen) atoms. The highest BCUT2D eigenvalue weighted by Gasteiger charge is 2.24. The van der Waals surface area contributed by atoms with Gasteiger partial charge in [-0.25, -0.2) is 0 Å². The smallest absolute Gasteiger partial charge is 0.0831 e. The summed E-state index contributed by atoms with van der Waals surface area (Å²) in [6, 6.07) is 0. The zero-order valence-electron chi connectivity index (χ0n) is 10.8. The van der Waals surface area contributed by atoms with E-state index in [2.05, 4.69) is 33.4 Å². The van der Waals surface area contributed by atoms with Crippen LogP contribution in [0.1, 0.15) is 36.9 Å². The Bertz CT molecular complexity index is 718. The second-order valence-corrected chi connectivity index (χ2v) is 6.41. The van der Waals surface area contributed by atoms with E-state index in [9.17, 15) is 0 Å². The lowest BCUT2D eigenvalue weighted by Gasteiger charge is -2.29. The number of aromatic nitrogens is 1. The molecule has 1 aromatic rings. The molecule has 0 aromatic carbocycles. The van der Waals surface area contributed by atoms with E-state index in [1.54, 1.807) is 0 Å². The number of hydrogen-bond donors (Lipinski definition) is 2. The minimum Gasteiger partial charge on any atom is -0.301 e. The van der Waals surface area contributed by atoms with Gasteiger partial charge < -0.3 is 5.43 Å². The van der Waals surface area contributed by atoms with Crippen LogP contribution < -0.4 is 21.4 Å². The number of pyridine rings is 1. The lowest BCUT2D eigenvalue weighted by molar-refractivity contribution is 0.662. The molecule has 0 amide bonds. The van der Waals surface area contributed by atoms with Crippen LogP contribution >= 0.6 is 15.9 Å². The van der Waals surface area contributed by atoms with E-state index in [-0.39, 0.29) is 0 Å². The number of rotatable bonds is 0. The van der Waals surface area contributed by atoms with Crippen molar-refractivity contribution < 1.29 is 0 Å². The minimum absolute atomic E-state index is 0.992. The zero-order valence-corrected chi connectivity index (χ0v) is 12.4. The third kappa shape index (κ3) is 1.59. The van der Waals surface area contributed by atoms with Crippen molar-refractivity contribution in [2.24, 2.45) is 0 Å². The van der Waals surface area contributed by atoms with E-state index >= 15 is 0 Å². The van der Waals surface area contributed by atoms with E-state index in [0.29, 0.717) is 0 Å². The summed E-state index contributed by atoms with van der Waals surface area (Å²) in [5.41, 5.74) is 12.8. The largest absolute Gasteiger partial charge is 0.301 e. The fraction of sp³-hybridized carbons (Fsp3) is 0.400. The first-order valence-corrected chi connectivity index (χ1v) is 7.70. The van der Waals surface area contributed by atoms with Gasteiger partial charge in [0.2, 0.25) is 0 Å². The molecule has 98 valence electrons. The monoisotopic (exact) mass is 317 g/mol. The molecule has 3 nitrogen and oxygen atoms in total. The van der Waals surface area contributed by atoms with Crippen molar-refractivity contribution in [3.8, 4) is 0 Å². The molecule has 1 aliphatic heterocycles. The third-order valence-corrected chi connectivity index (χ3v) is 5.10. The van der Waals surface area contributed by atoms with Crippen molar-refractivity contribution in [2.45, 2.75) is 38.5 Å². The fourth-order valence-electron chi connectivity index (χ4n) is 3.36. The standard InChI is InChI=1S/C15H16BrN3/c1-8-9-6-7-11(16)15-13(9)14(19-18-8)10-4-2-3-5-12(10)17-15/h18-19H,1-7H2. The summed E-state index contributed by atoms with van der Waals surface area (Å²) >= 11 is 3.71. The van der Waals surface area contributed by atoms with Gasteiger partial charge in [-0.3, -0.25) is 10.4 Å². The maximum Gasteiger partial charge on any atom is 0.0831 e. The first-order valence-electron chi connectivity index (χ1n) is 6.90. The number of anilines is 1. The molecule has 1 aromatic heterocycles. The van der Waals surface area contributed by atoms with E-state index in [4.69, 9.17) is 4.98 Å². The number of allylic oxidation sites excluding steroid dienone is 1. The van der Waals surface area contributed by atoms with Crippen LogP contribution in [0.15, 0.2) is 12.3 Å². The summed E-state index contributed by atoms with van der Waals surface area (Å²) in [5, 5.41) is 2.41. The summed E-state index contributed by atoms with van der Waals surface area (Å²) in [7, 11) is 0. The highest BCUT2D eigenvalue weighted by Crippen LogP contribution is 2.29. The molecule has 2 heterocycles. The molecule has 2 N–H and O–H groups in total. The first kappa shape index (κ1) is 11.5. The summed E-state index contributed by atoms with van der Waals surface area (Å²) in [6.07, 6.45) is 6.82. The van der Waals surface area contributed by atoms with E-state index in [0.717, 1.165) is 36.7 Å². The second kappa shape index (κ2) is 4.10. The molecular formula is C15H16BrN3. The van der Waals surface area contributed by atoms with Gasteiger partial charge in [-0.1, -0.05) is 22.5 Å². The third-order valence-electron chi connectivity index (χ3n) is 4.33. The van der Waals surface area contributed by atoms with Crippen molar-refractivity contribution in [2.75, 3.05) is 5.43 Å². The molecular weight excluding hydrogens is 302 g/mol. The number of aryl methyl sites for hydroxylation is 1. The Balaban J connectivity index is 2.19. The maximum absolute atomic E-state index is 4.95.